The molecule has 0 aliphatic heterocycles. The molecule has 0 amide bonds. The van der Waals surface area contributed by atoms with E-state index in [4.69, 9.17) is 4.98 Å². The Kier molecular flexibility index (Phi) is 7.80. The number of hydrogen-bond acceptors (Lipinski definition) is 3. The second-order valence-electron chi connectivity index (χ2n) is 12.6. The van der Waals surface area contributed by atoms with E-state index >= 15 is 0 Å². The van der Waals surface area contributed by atoms with Crippen molar-refractivity contribution in [2.24, 2.45) is 0 Å². The van der Waals surface area contributed by atoms with Crippen LogP contribution in [0.3, 0.4) is 0 Å². The van der Waals surface area contributed by atoms with E-state index in [-0.39, 0.29) is 0 Å². The monoisotopic (exact) mass is 654 g/mol. The van der Waals surface area contributed by atoms with E-state index < -0.39 is 0 Å². The third kappa shape index (κ3) is 6.00. The molecule has 4 nitrogen and oxygen atoms in total. The highest BCUT2D eigenvalue weighted by atomic mass is 15.2. The molecule has 7 aromatic carbocycles. The summed E-state index contributed by atoms with van der Waals surface area (Å²) in [6.45, 7) is 0. The zero-order valence-electron chi connectivity index (χ0n) is 27.9. The van der Waals surface area contributed by atoms with Gasteiger partial charge < -0.3 is 14.2 Å². The topological polar surface area (TPSA) is 23.8 Å². The Balaban J connectivity index is 1.03. The molecule has 0 spiro atoms. The van der Waals surface area contributed by atoms with Gasteiger partial charge in [-0.15, -0.1) is 0 Å². The molecule has 0 aliphatic rings. The summed E-state index contributed by atoms with van der Waals surface area (Å²) in [5.41, 5.74) is 11.8. The van der Waals surface area contributed by atoms with Gasteiger partial charge in [-0.2, -0.15) is 0 Å². The van der Waals surface area contributed by atoms with Crippen molar-refractivity contribution in [2.75, 3.05) is 9.80 Å². The van der Waals surface area contributed by atoms with Crippen LogP contribution in [0.25, 0.3) is 38.8 Å². The fourth-order valence-corrected chi connectivity index (χ4v) is 6.83. The number of rotatable bonds is 8. The summed E-state index contributed by atoms with van der Waals surface area (Å²) in [7, 11) is 0. The third-order valence-corrected chi connectivity index (χ3v) is 9.36. The Morgan fingerprint density at radius 1 is 0.333 bits per heavy atom. The van der Waals surface area contributed by atoms with Crippen molar-refractivity contribution in [3.63, 3.8) is 0 Å². The van der Waals surface area contributed by atoms with Gasteiger partial charge in [-0.1, -0.05) is 103 Å². The van der Waals surface area contributed by atoms with Gasteiger partial charge in [0.1, 0.15) is 5.65 Å². The molecule has 0 aliphatic carbocycles. The number of nitrogens with zero attached hydrogens (tertiary/aromatic N) is 4. The van der Waals surface area contributed by atoms with E-state index in [2.05, 4.69) is 221 Å². The first-order valence-corrected chi connectivity index (χ1v) is 17.2. The summed E-state index contributed by atoms with van der Waals surface area (Å²) >= 11 is 0. The van der Waals surface area contributed by atoms with Gasteiger partial charge in [-0.3, -0.25) is 0 Å². The quantitative estimate of drug-likeness (QED) is 0.163. The molecule has 0 atom stereocenters. The number of hydrogen-bond donors (Lipinski definition) is 0. The van der Waals surface area contributed by atoms with Crippen LogP contribution in [0, 0.1) is 0 Å². The lowest BCUT2D eigenvalue weighted by atomic mass is 10.0. The van der Waals surface area contributed by atoms with Crippen molar-refractivity contribution in [1.82, 2.24) is 9.38 Å². The Bertz CT molecular complexity index is 2520. The predicted molar refractivity (Wildman–Crippen MR) is 213 cm³/mol. The normalized spacial score (nSPS) is 11.1. The summed E-state index contributed by atoms with van der Waals surface area (Å²) < 4.78 is 2.12. The van der Waals surface area contributed by atoms with Crippen molar-refractivity contribution < 1.29 is 0 Å². The first kappa shape index (κ1) is 30.2. The van der Waals surface area contributed by atoms with E-state index in [1.165, 1.54) is 16.3 Å². The molecule has 9 aromatic rings. The number of anilines is 6. The van der Waals surface area contributed by atoms with Gasteiger partial charge in [0.25, 0.3) is 0 Å². The number of imidazole rings is 1. The SMILES string of the molecule is c1ccc(N(c2ccccc2)c2ccc(N(c3ccccc3)c3ccc(-c4cn5cc(-c6ccc7ccccc7c6)ccc5n4)cc3)cc2)cc1. The summed E-state index contributed by atoms with van der Waals surface area (Å²) in [4.78, 5) is 9.56. The van der Waals surface area contributed by atoms with Crippen LogP contribution in [-0.4, -0.2) is 9.38 Å². The Morgan fingerprint density at radius 2 is 0.765 bits per heavy atom. The van der Waals surface area contributed by atoms with Crippen molar-refractivity contribution in [2.45, 2.75) is 0 Å². The molecule has 242 valence electrons. The van der Waals surface area contributed by atoms with Crippen LogP contribution in [0.1, 0.15) is 0 Å². The minimum absolute atomic E-state index is 0.921. The van der Waals surface area contributed by atoms with Crippen LogP contribution in [-0.2, 0) is 0 Å². The van der Waals surface area contributed by atoms with Crippen LogP contribution in [0.2, 0.25) is 0 Å². The smallest absolute Gasteiger partial charge is 0.137 e. The van der Waals surface area contributed by atoms with E-state index in [0.717, 1.165) is 56.6 Å². The van der Waals surface area contributed by atoms with E-state index in [1.54, 1.807) is 0 Å². The Labute approximate surface area is 297 Å². The van der Waals surface area contributed by atoms with Crippen LogP contribution in [0.5, 0.6) is 0 Å². The summed E-state index contributed by atoms with van der Waals surface area (Å²) in [5.74, 6) is 0. The summed E-state index contributed by atoms with van der Waals surface area (Å²) in [6, 6.07) is 68.4. The molecule has 9 rings (SSSR count). The van der Waals surface area contributed by atoms with E-state index in [9.17, 15) is 0 Å². The Hall–Kier alpha value is -6.91. The lowest BCUT2D eigenvalue weighted by Crippen LogP contribution is -2.12. The molecular formula is C47H34N4. The zero-order chi connectivity index (χ0) is 34.0. The molecular weight excluding hydrogens is 621 g/mol. The largest absolute Gasteiger partial charge is 0.311 e. The maximum Gasteiger partial charge on any atom is 0.137 e. The van der Waals surface area contributed by atoms with Gasteiger partial charge in [-0.05, 0) is 113 Å². The average Bonchev–Trinajstić information content (AvgIpc) is 3.64. The summed E-state index contributed by atoms with van der Waals surface area (Å²) in [5, 5.41) is 2.49. The van der Waals surface area contributed by atoms with Crippen molar-refractivity contribution in [3.8, 4) is 22.4 Å². The minimum atomic E-state index is 0.921. The molecule has 0 radical (unpaired) electrons. The molecule has 0 saturated heterocycles. The second kappa shape index (κ2) is 13.2. The molecule has 51 heavy (non-hydrogen) atoms. The average molecular weight is 655 g/mol. The third-order valence-electron chi connectivity index (χ3n) is 9.36. The molecule has 0 bridgehead atoms. The molecule has 0 saturated carbocycles. The highest BCUT2D eigenvalue weighted by Gasteiger charge is 2.16. The highest BCUT2D eigenvalue weighted by Crippen LogP contribution is 2.39. The maximum atomic E-state index is 4.98. The molecule has 2 aromatic heterocycles. The van der Waals surface area contributed by atoms with Crippen LogP contribution >= 0.6 is 0 Å². The van der Waals surface area contributed by atoms with Crippen molar-refractivity contribution >= 4 is 50.5 Å². The fraction of sp³-hybridized carbons (Fsp3) is 0. The van der Waals surface area contributed by atoms with E-state index in [0.29, 0.717) is 0 Å². The van der Waals surface area contributed by atoms with Crippen LogP contribution in [0.15, 0.2) is 207 Å². The minimum Gasteiger partial charge on any atom is -0.311 e. The number of benzene rings is 7. The Morgan fingerprint density at radius 3 is 1.31 bits per heavy atom. The highest BCUT2D eigenvalue weighted by molar-refractivity contribution is 5.87. The standard InChI is InChI=1S/C47H34N4/c1-4-14-40(15-5-1)50(41-16-6-2-7-17-41)44-27-29-45(30-28-44)51(42-18-8-3-9-19-42)43-25-22-36(23-26-43)46-34-49-33-39(24-31-47(49)48-46)38-21-20-35-12-10-11-13-37(35)32-38/h1-34H. The fourth-order valence-electron chi connectivity index (χ4n) is 6.83. The second-order valence-corrected chi connectivity index (χ2v) is 12.6. The maximum absolute atomic E-state index is 4.98. The first-order valence-electron chi connectivity index (χ1n) is 17.2. The van der Waals surface area contributed by atoms with Gasteiger partial charge in [0, 0.05) is 52.1 Å². The number of pyridine rings is 1. The first-order chi connectivity index (χ1) is 25.3. The van der Waals surface area contributed by atoms with E-state index in [1.807, 2.05) is 0 Å². The van der Waals surface area contributed by atoms with Gasteiger partial charge >= 0.3 is 0 Å². The number of para-hydroxylation sites is 3. The molecule has 0 fully saturated rings. The molecule has 2 heterocycles. The zero-order valence-corrected chi connectivity index (χ0v) is 27.9. The van der Waals surface area contributed by atoms with Crippen molar-refractivity contribution in [1.29, 1.82) is 0 Å². The van der Waals surface area contributed by atoms with Crippen LogP contribution in [0.4, 0.5) is 34.1 Å². The molecule has 0 N–H and O–H groups in total. The van der Waals surface area contributed by atoms with Gasteiger partial charge in [-0.25, -0.2) is 4.98 Å². The molecule has 4 heteroatoms. The lowest BCUT2D eigenvalue weighted by molar-refractivity contribution is 1.19. The predicted octanol–water partition coefficient (Wildman–Crippen LogP) is 12.8. The molecule has 0 unspecified atom stereocenters. The lowest BCUT2D eigenvalue weighted by Gasteiger charge is -2.28. The van der Waals surface area contributed by atoms with Crippen LogP contribution < -0.4 is 9.80 Å². The van der Waals surface area contributed by atoms with Crippen molar-refractivity contribution in [3.05, 3.63) is 207 Å². The summed E-state index contributed by atoms with van der Waals surface area (Å²) in [6.07, 6.45) is 4.29. The van der Waals surface area contributed by atoms with Gasteiger partial charge in [0.2, 0.25) is 0 Å². The number of aromatic nitrogens is 2. The van der Waals surface area contributed by atoms with Gasteiger partial charge in [0.15, 0.2) is 0 Å². The van der Waals surface area contributed by atoms with Gasteiger partial charge in [0.05, 0.1) is 5.69 Å². The number of fused-ring (bicyclic) bond motifs is 2.